The number of H-pyrrole nitrogens is 1. The molecule has 0 saturated carbocycles. The van der Waals surface area contributed by atoms with Gasteiger partial charge in [0.25, 0.3) is 0 Å². The molecule has 1 aliphatic heterocycles. The summed E-state index contributed by atoms with van der Waals surface area (Å²) >= 11 is 0. The van der Waals surface area contributed by atoms with E-state index in [2.05, 4.69) is 31.9 Å². The van der Waals surface area contributed by atoms with Crippen LogP contribution in [0.25, 0.3) is 11.4 Å². The predicted octanol–water partition coefficient (Wildman–Crippen LogP) is 3.54. The molecule has 9 nitrogen and oxygen atoms in total. The molecule has 1 atom stereocenters. The molecule has 1 aromatic heterocycles. The van der Waals surface area contributed by atoms with E-state index in [1.165, 1.54) is 6.33 Å². The van der Waals surface area contributed by atoms with E-state index in [-0.39, 0.29) is 36.1 Å². The number of hydrogen-bond acceptors (Lipinski definition) is 5. The number of hydrogen-bond donors (Lipinski definition) is 3. The van der Waals surface area contributed by atoms with Crippen LogP contribution in [0.2, 0.25) is 0 Å². The lowest BCUT2D eigenvalue weighted by atomic mass is 10.1. The lowest BCUT2D eigenvalue weighted by molar-refractivity contribution is 0.0193. The summed E-state index contributed by atoms with van der Waals surface area (Å²) in [4.78, 5) is 23.1. The number of aliphatic imine (C=N–C) groups is 1. The average Bonchev–Trinajstić information content (AvgIpc) is 3.26. The first-order valence-electron chi connectivity index (χ1n) is 10.8. The fourth-order valence-corrected chi connectivity index (χ4v) is 3.43. The molecule has 0 radical (unpaired) electrons. The maximum Gasteiger partial charge on any atom is 0.410 e. The monoisotopic (exact) mass is 555 g/mol. The maximum absolute atomic E-state index is 12.4. The molecule has 176 valence electrons. The van der Waals surface area contributed by atoms with Crippen molar-refractivity contribution in [3.05, 3.63) is 36.2 Å². The molecule has 0 bridgehead atoms. The number of carbonyl (C=O) groups excluding carboxylic acids is 1. The summed E-state index contributed by atoms with van der Waals surface area (Å²) in [6, 6.07) is 8.20. The largest absolute Gasteiger partial charge is 0.444 e. The molecule has 1 amide bonds. The van der Waals surface area contributed by atoms with E-state index in [9.17, 15) is 4.79 Å². The van der Waals surface area contributed by atoms with E-state index >= 15 is 0 Å². The summed E-state index contributed by atoms with van der Waals surface area (Å²) in [5, 5.41) is 13.6. The number of ether oxygens (including phenoxy) is 1. The van der Waals surface area contributed by atoms with Crippen molar-refractivity contribution >= 4 is 36.0 Å². The third-order valence-electron chi connectivity index (χ3n) is 4.79. The first-order valence-corrected chi connectivity index (χ1v) is 10.8. The van der Waals surface area contributed by atoms with Crippen LogP contribution in [0.4, 0.5) is 4.79 Å². The number of aromatic amines is 1. The molecule has 1 fully saturated rings. The van der Waals surface area contributed by atoms with Gasteiger partial charge in [0, 0.05) is 31.2 Å². The number of piperidine rings is 1. The van der Waals surface area contributed by atoms with Gasteiger partial charge in [0.1, 0.15) is 11.9 Å². The van der Waals surface area contributed by atoms with Crippen LogP contribution in [0.15, 0.2) is 35.6 Å². The predicted molar refractivity (Wildman–Crippen MR) is 136 cm³/mol. The molecule has 10 heteroatoms. The van der Waals surface area contributed by atoms with Gasteiger partial charge in [0.05, 0.1) is 6.54 Å². The van der Waals surface area contributed by atoms with Gasteiger partial charge in [-0.1, -0.05) is 18.2 Å². The maximum atomic E-state index is 12.4. The van der Waals surface area contributed by atoms with Gasteiger partial charge in [0.15, 0.2) is 11.8 Å². The number of carbonyl (C=O) groups is 1. The Bertz CT molecular complexity index is 881. The van der Waals surface area contributed by atoms with Gasteiger partial charge in [-0.2, -0.15) is 5.10 Å². The van der Waals surface area contributed by atoms with E-state index < -0.39 is 5.60 Å². The second-order valence-corrected chi connectivity index (χ2v) is 8.64. The van der Waals surface area contributed by atoms with Crippen LogP contribution >= 0.6 is 24.0 Å². The third kappa shape index (κ3) is 7.95. The van der Waals surface area contributed by atoms with Crippen LogP contribution in [0.3, 0.4) is 0 Å². The number of likely N-dealkylation sites (tertiary alicyclic amines) is 1. The standard InChI is InChI=1S/C22H33N7O2.HI/c1-5-23-20(24-13-16-8-6-9-17(12-16)19-25-15-26-28-19)27-18-10-7-11-29(14-18)21(30)31-22(2,3)4;/h6,8-9,12,15,18H,5,7,10-11,13-14H2,1-4H3,(H2,23,24,27)(H,25,26,28);1H. The van der Waals surface area contributed by atoms with Gasteiger partial charge < -0.3 is 20.3 Å². The van der Waals surface area contributed by atoms with Gasteiger partial charge in [-0.15, -0.1) is 24.0 Å². The quantitative estimate of drug-likeness (QED) is 0.296. The SMILES string of the molecule is CCNC(=NCc1cccc(-c2ncn[nH]2)c1)NC1CCCN(C(=O)OC(C)(C)C)C1.I. The van der Waals surface area contributed by atoms with Crippen LogP contribution in [0.1, 0.15) is 46.1 Å². The van der Waals surface area contributed by atoms with Gasteiger partial charge in [0.2, 0.25) is 0 Å². The Labute approximate surface area is 206 Å². The van der Waals surface area contributed by atoms with Crippen LogP contribution in [0, 0.1) is 0 Å². The van der Waals surface area contributed by atoms with Crippen LogP contribution in [-0.4, -0.2) is 63.4 Å². The Morgan fingerprint density at radius 2 is 2.19 bits per heavy atom. The number of halogens is 1. The van der Waals surface area contributed by atoms with Crippen molar-refractivity contribution in [2.75, 3.05) is 19.6 Å². The fraction of sp³-hybridized carbons (Fsp3) is 0.545. The molecule has 3 rings (SSSR count). The minimum absolute atomic E-state index is 0. The molecular formula is C22H34IN7O2. The minimum atomic E-state index is -0.492. The number of nitrogens with one attached hydrogen (secondary N) is 3. The zero-order valence-corrected chi connectivity index (χ0v) is 21.6. The molecule has 1 aliphatic rings. The molecule has 1 unspecified atom stereocenters. The van der Waals surface area contributed by atoms with Gasteiger partial charge in [-0.25, -0.2) is 14.8 Å². The van der Waals surface area contributed by atoms with E-state index in [4.69, 9.17) is 9.73 Å². The lowest BCUT2D eigenvalue weighted by Crippen LogP contribution is -2.53. The van der Waals surface area contributed by atoms with Crippen molar-refractivity contribution < 1.29 is 9.53 Å². The summed E-state index contributed by atoms with van der Waals surface area (Å²) in [6.45, 7) is 10.3. The first kappa shape index (κ1) is 25.9. The topological polar surface area (TPSA) is 108 Å². The highest BCUT2D eigenvalue weighted by Crippen LogP contribution is 2.17. The molecule has 2 heterocycles. The summed E-state index contributed by atoms with van der Waals surface area (Å²) in [6.07, 6.45) is 3.14. The number of amides is 1. The summed E-state index contributed by atoms with van der Waals surface area (Å²) in [7, 11) is 0. The Morgan fingerprint density at radius 1 is 1.38 bits per heavy atom. The zero-order chi connectivity index (χ0) is 22.3. The van der Waals surface area contributed by atoms with Crippen molar-refractivity contribution in [2.24, 2.45) is 4.99 Å². The van der Waals surface area contributed by atoms with Gasteiger partial charge >= 0.3 is 6.09 Å². The highest BCUT2D eigenvalue weighted by atomic mass is 127. The number of benzene rings is 1. The molecule has 3 N–H and O–H groups in total. The first-order chi connectivity index (χ1) is 14.8. The molecule has 1 aromatic carbocycles. The number of aromatic nitrogens is 3. The smallest absolute Gasteiger partial charge is 0.410 e. The minimum Gasteiger partial charge on any atom is -0.444 e. The molecule has 0 aliphatic carbocycles. The Balaban J connectivity index is 0.00000363. The normalized spacial score (nSPS) is 16.8. The lowest BCUT2D eigenvalue weighted by Gasteiger charge is -2.35. The van der Waals surface area contributed by atoms with Crippen molar-refractivity contribution in [3.63, 3.8) is 0 Å². The summed E-state index contributed by atoms with van der Waals surface area (Å²) < 4.78 is 5.53. The number of rotatable bonds is 5. The van der Waals surface area contributed by atoms with Crippen LogP contribution < -0.4 is 10.6 Å². The zero-order valence-electron chi connectivity index (χ0n) is 19.2. The highest BCUT2D eigenvalue weighted by molar-refractivity contribution is 14.0. The molecule has 2 aromatic rings. The second-order valence-electron chi connectivity index (χ2n) is 8.64. The van der Waals surface area contributed by atoms with Crippen LogP contribution in [0.5, 0.6) is 0 Å². The number of guanidine groups is 1. The van der Waals surface area contributed by atoms with Gasteiger partial charge in [-0.3, -0.25) is 5.10 Å². The average molecular weight is 555 g/mol. The molecule has 0 spiro atoms. The third-order valence-corrected chi connectivity index (χ3v) is 4.79. The Morgan fingerprint density at radius 3 is 2.88 bits per heavy atom. The molecule has 1 saturated heterocycles. The van der Waals surface area contributed by atoms with E-state index in [1.54, 1.807) is 4.90 Å². The second kappa shape index (κ2) is 12.0. The van der Waals surface area contributed by atoms with E-state index in [1.807, 2.05) is 45.9 Å². The van der Waals surface area contributed by atoms with Crippen molar-refractivity contribution in [2.45, 2.75) is 58.7 Å². The number of nitrogens with zero attached hydrogens (tertiary/aromatic N) is 4. The van der Waals surface area contributed by atoms with Crippen molar-refractivity contribution in [1.82, 2.24) is 30.7 Å². The molecule has 32 heavy (non-hydrogen) atoms. The summed E-state index contributed by atoms with van der Waals surface area (Å²) in [5.41, 5.74) is 1.56. The van der Waals surface area contributed by atoms with E-state index in [0.717, 1.165) is 48.8 Å². The Hall–Kier alpha value is -2.37. The van der Waals surface area contributed by atoms with Gasteiger partial charge in [-0.05, 0) is 52.2 Å². The highest BCUT2D eigenvalue weighted by Gasteiger charge is 2.28. The molecular weight excluding hydrogens is 521 g/mol. The Kier molecular flexibility index (Phi) is 9.73. The van der Waals surface area contributed by atoms with Crippen molar-refractivity contribution in [1.29, 1.82) is 0 Å². The fourth-order valence-electron chi connectivity index (χ4n) is 3.43. The van der Waals surface area contributed by atoms with Crippen molar-refractivity contribution in [3.8, 4) is 11.4 Å². The van der Waals surface area contributed by atoms with E-state index in [0.29, 0.717) is 13.1 Å². The van der Waals surface area contributed by atoms with Crippen LogP contribution in [-0.2, 0) is 11.3 Å². The summed E-state index contributed by atoms with van der Waals surface area (Å²) in [5.74, 6) is 1.48.